The Labute approximate surface area is 69.3 Å². The fourth-order valence-electron chi connectivity index (χ4n) is 0.672. The van der Waals surface area contributed by atoms with E-state index < -0.39 is 6.87 Å². The molecule has 0 aliphatic heterocycles. The highest BCUT2D eigenvalue weighted by molar-refractivity contribution is 7.85. The average Bonchev–Trinajstić information content (AvgIpc) is 1.85. The van der Waals surface area contributed by atoms with Crippen molar-refractivity contribution in [1.29, 1.82) is 0 Å². The van der Waals surface area contributed by atoms with Crippen LogP contribution < -0.4 is 5.09 Å². The maximum Gasteiger partial charge on any atom is 0.382 e. The highest BCUT2D eigenvalue weighted by Gasteiger charge is 2.11. The molecule has 3 nitrogen and oxygen atoms in total. The quantitative estimate of drug-likeness (QED) is 0.706. The van der Waals surface area contributed by atoms with Crippen LogP contribution in [0.5, 0.6) is 0 Å². The van der Waals surface area contributed by atoms with Crippen LogP contribution in [0.3, 0.4) is 0 Å². The maximum absolute atomic E-state index is 10.6. The van der Waals surface area contributed by atoms with Gasteiger partial charge < -0.3 is 9.98 Å². The first-order valence-electron chi connectivity index (χ1n) is 2.94. The second-order valence-corrected chi connectivity index (χ2v) is 4.58. The summed E-state index contributed by atoms with van der Waals surface area (Å²) < 4.78 is 10.6. The molecule has 0 aliphatic carbocycles. The zero-order chi connectivity index (χ0) is 8.32. The van der Waals surface area contributed by atoms with Crippen molar-refractivity contribution in [3.8, 4) is 0 Å². The third-order valence-electron chi connectivity index (χ3n) is 1.04. The summed E-state index contributed by atoms with van der Waals surface area (Å²) in [5.41, 5.74) is 0.535. The molecule has 0 aliphatic rings. The van der Waals surface area contributed by atoms with E-state index in [0.717, 1.165) is 0 Å². The summed E-state index contributed by atoms with van der Waals surface area (Å²) in [6.45, 7) is -3.67. The minimum Gasteiger partial charge on any atom is -0.318 e. The number of benzene rings is 1. The van der Waals surface area contributed by atoms with E-state index in [0.29, 0.717) is 5.69 Å². The van der Waals surface area contributed by atoms with E-state index in [1.165, 1.54) is 0 Å². The van der Waals surface area contributed by atoms with Crippen LogP contribution in [0, 0.1) is 0 Å². The second-order valence-electron chi connectivity index (χ2n) is 1.98. The van der Waals surface area contributed by atoms with Crippen molar-refractivity contribution in [2.75, 3.05) is 5.09 Å². The van der Waals surface area contributed by atoms with Gasteiger partial charge in [-0.05, 0) is 23.4 Å². The molecule has 0 heterocycles. The Hall–Kier alpha value is -0.500. The number of rotatable bonds is 2. The first-order valence-corrected chi connectivity index (χ1v) is 5.50. The highest BCUT2D eigenvalue weighted by Crippen LogP contribution is 2.45. The summed E-state index contributed by atoms with van der Waals surface area (Å²) in [7, 11) is 0. The molecule has 0 spiro atoms. The lowest BCUT2D eigenvalue weighted by Crippen LogP contribution is -1.88. The lowest BCUT2D eigenvalue weighted by atomic mass is 10.3. The Morgan fingerprint density at radius 2 is 1.91 bits per heavy atom. The van der Waals surface area contributed by atoms with Crippen molar-refractivity contribution in [3.63, 3.8) is 0 Å². The third kappa shape index (κ3) is 3.42. The number of halogens is 1. The third-order valence-corrected chi connectivity index (χ3v) is 1.83. The van der Waals surface area contributed by atoms with Gasteiger partial charge in [-0.15, -0.1) is 0 Å². The molecule has 5 heteroatoms. The van der Waals surface area contributed by atoms with E-state index in [1.807, 2.05) is 6.07 Å². The summed E-state index contributed by atoms with van der Waals surface area (Å²) >= 11 is 5.07. The summed E-state index contributed by atoms with van der Waals surface area (Å²) in [5.74, 6) is 0. The summed E-state index contributed by atoms with van der Waals surface area (Å²) in [4.78, 5) is 8.68. The molecule has 1 rings (SSSR count). The first kappa shape index (κ1) is 8.60. The zero-order valence-electron chi connectivity index (χ0n) is 5.57. The van der Waals surface area contributed by atoms with Gasteiger partial charge in [0.2, 0.25) is 0 Å². The predicted molar refractivity (Wildman–Crippen MR) is 45.7 cm³/mol. The van der Waals surface area contributed by atoms with E-state index in [4.69, 9.17) is 16.1 Å². The second kappa shape index (κ2) is 3.26. The monoisotopic (exact) mass is 191 g/mol. The van der Waals surface area contributed by atoms with Crippen molar-refractivity contribution in [2.45, 2.75) is 0 Å². The summed E-state index contributed by atoms with van der Waals surface area (Å²) in [6, 6.07) is 8.61. The fraction of sp³-hybridized carbons (Fsp3) is 0. The van der Waals surface area contributed by atoms with Crippen LogP contribution in [0.4, 0.5) is 5.69 Å². The molecule has 1 aromatic rings. The minimum atomic E-state index is -3.67. The Bertz CT molecular complexity index is 271. The van der Waals surface area contributed by atoms with E-state index in [-0.39, 0.29) is 0 Å². The number of nitrogens with one attached hydrogen (secondary N) is 1. The molecule has 11 heavy (non-hydrogen) atoms. The van der Waals surface area contributed by atoms with Crippen LogP contribution in [-0.2, 0) is 4.57 Å². The van der Waals surface area contributed by atoms with Gasteiger partial charge in [-0.2, -0.15) is 0 Å². The summed E-state index contributed by atoms with van der Waals surface area (Å²) in [6.07, 6.45) is 0. The van der Waals surface area contributed by atoms with Crippen LogP contribution in [0.2, 0.25) is 0 Å². The number of anilines is 1. The number of hydrogen-bond donors (Lipinski definition) is 2. The molecular formula is C6H7ClNO2P. The van der Waals surface area contributed by atoms with Crippen molar-refractivity contribution >= 4 is 23.8 Å². The van der Waals surface area contributed by atoms with Crippen molar-refractivity contribution in [3.05, 3.63) is 30.3 Å². The van der Waals surface area contributed by atoms with Gasteiger partial charge in [0.15, 0.2) is 0 Å². The number of para-hydroxylation sites is 1. The first-order chi connectivity index (χ1) is 5.08. The van der Waals surface area contributed by atoms with Gasteiger partial charge >= 0.3 is 6.87 Å². The fourth-order valence-corrected chi connectivity index (χ4v) is 1.43. The standard InChI is InChI=1S/C6H7ClNO2P/c7-11(9,10)8-6-4-2-1-3-5-6/h1-5H,(H2,8,9,10). The molecule has 2 N–H and O–H groups in total. The Balaban J connectivity index is 2.74. The molecule has 1 aromatic carbocycles. The van der Waals surface area contributed by atoms with Gasteiger partial charge in [-0.1, -0.05) is 18.2 Å². The topological polar surface area (TPSA) is 49.3 Å². The zero-order valence-corrected chi connectivity index (χ0v) is 7.22. The Morgan fingerprint density at radius 3 is 2.36 bits per heavy atom. The summed E-state index contributed by atoms with van der Waals surface area (Å²) in [5, 5.41) is 2.26. The Kier molecular flexibility index (Phi) is 2.55. The molecular weight excluding hydrogens is 184 g/mol. The average molecular weight is 192 g/mol. The molecule has 0 aromatic heterocycles. The lowest BCUT2D eigenvalue weighted by Gasteiger charge is -2.05. The van der Waals surface area contributed by atoms with Gasteiger partial charge in [-0.3, -0.25) is 0 Å². The molecule has 0 amide bonds. The van der Waals surface area contributed by atoms with Crippen LogP contribution in [0.25, 0.3) is 0 Å². The molecule has 1 atom stereocenters. The van der Waals surface area contributed by atoms with Gasteiger partial charge in [0.05, 0.1) is 0 Å². The Morgan fingerprint density at radius 1 is 1.36 bits per heavy atom. The van der Waals surface area contributed by atoms with Crippen molar-refractivity contribution in [2.24, 2.45) is 0 Å². The molecule has 0 saturated heterocycles. The lowest BCUT2D eigenvalue weighted by molar-refractivity contribution is 0.501. The van der Waals surface area contributed by atoms with Crippen LogP contribution in [0.1, 0.15) is 0 Å². The van der Waals surface area contributed by atoms with Gasteiger partial charge in [0.25, 0.3) is 0 Å². The molecule has 0 saturated carbocycles. The predicted octanol–water partition coefficient (Wildman–Crippen LogP) is 2.44. The van der Waals surface area contributed by atoms with E-state index in [9.17, 15) is 4.57 Å². The minimum absolute atomic E-state index is 0.535. The van der Waals surface area contributed by atoms with Gasteiger partial charge in [0, 0.05) is 5.69 Å². The van der Waals surface area contributed by atoms with Crippen LogP contribution >= 0.6 is 18.1 Å². The van der Waals surface area contributed by atoms with E-state index in [2.05, 4.69) is 5.09 Å². The SMILES string of the molecule is O=P(O)(Cl)Nc1ccccc1. The van der Waals surface area contributed by atoms with Crippen molar-refractivity contribution < 1.29 is 9.46 Å². The highest BCUT2D eigenvalue weighted by atomic mass is 35.7. The number of hydrogen-bond acceptors (Lipinski definition) is 1. The molecule has 60 valence electrons. The smallest absolute Gasteiger partial charge is 0.318 e. The van der Waals surface area contributed by atoms with Crippen LogP contribution in [0.15, 0.2) is 30.3 Å². The maximum atomic E-state index is 10.6. The molecule has 0 fully saturated rings. The largest absolute Gasteiger partial charge is 0.382 e. The van der Waals surface area contributed by atoms with Crippen molar-refractivity contribution in [1.82, 2.24) is 0 Å². The van der Waals surface area contributed by atoms with Gasteiger partial charge in [-0.25, -0.2) is 4.57 Å². The van der Waals surface area contributed by atoms with Crippen LogP contribution in [-0.4, -0.2) is 4.89 Å². The van der Waals surface area contributed by atoms with Gasteiger partial charge in [0.1, 0.15) is 0 Å². The molecule has 0 radical (unpaired) electrons. The van der Waals surface area contributed by atoms with E-state index in [1.54, 1.807) is 24.3 Å². The normalized spacial score (nSPS) is 15.5. The molecule has 1 unspecified atom stereocenters. The van der Waals surface area contributed by atoms with E-state index >= 15 is 0 Å². The molecule has 0 bridgehead atoms.